The van der Waals surface area contributed by atoms with Gasteiger partial charge < -0.3 is 9.47 Å². The molecule has 0 fully saturated rings. The van der Waals surface area contributed by atoms with Crippen LogP contribution in [0.3, 0.4) is 0 Å². The van der Waals surface area contributed by atoms with Crippen molar-refractivity contribution in [3.05, 3.63) is 93.0 Å². The smallest absolute Gasteiger partial charge is 0.203 e. The van der Waals surface area contributed by atoms with Crippen molar-refractivity contribution in [2.45, 2.75) is 6.61 Å². The van der Waals surface area contributed by atoms with Crippen molar-refractivity contribution in [1.29, 1.82) is 0 Å². The Hall–Kier alpha value is -3.13. The molecule has 0 amide bonds. The van der Waals surface area contributed by atoms with Crippen LogP contribution in [0, 0.1) is 5.82 Å². The molecule has 33 heavy (non-hydrogen) atoms. The third kappa shape index (κ3) is 6.01. The second kappa shape index (κ2) is 10.7. The first-order valence-corrected chi connectivity index (χ1v) is 11.4. The summed E-state index contributed by atoms with van der Waals surface area (Å²) in [5, 5.41) is 7.88. The van der Waals surface area contributed by atoms with Crippen molar-refractivity contribution in [2.24, 2.45) is 5.10 Å². The lowest BCUT2D eigenvalue weighted by Crippen LogP contribution is -1.99. The third-order valence-corrected chi connectivity index (χ3v) is 5.88. The van der Waals surface area contributed by atoms with Crippen molar-refractivity contribution in [3.8, 4) is 22.8 Å². The highest BCUT2D eigenvalue weighted by atomic mass is 35.5. The van der Waals surface area contributed by atoms with Gasteiger partial charge in [0.25, 0.3) is 0 Å². The highest BCUT2D eigenvalue weighted by Gasteiger charge is 2.09. The zero-order valence-corrected chi connectivity index (χ0v) is 19.7. The maximum absolute atomic E-state index is 13.0. The first-order chi connectivity index (χ1) is 16.0. The summed E-state index contributed by atoms with van der Waals surface area (Å²) >= 11 is 13.6. The molecule has 0 atom stereocenters. The molecule has 0 aliphatic carbocycles. The number of aromatic nitrogens is 1. The highest BCUT2D eigenvalue weighted by Crippen LogP contribution is 2.32. The van der Waals surface area contributed by atoms with Crippen molar-refractivity contribution in [1.82, 2.24) is 4.98 Å². The van der Waals surface area contributed by atoms with E-state index in [4.69, 9.17) is 32.7 Å². The van der Waals surface area contributed by atoms with Crippen LogP contribution in [-0.4, -0.2) is 18.3 Å². The Morgan fingerprint density at radius 2 is 1.88 bits per heavy atom. The van der Waals surface area contributed by atoms with Crippen LogP contribution >= 0.6 is 34.5 Å². The molecule has 1 aromatic heterocycles. The maximum atomic E-state index is 13.0. The van der Waals surface area contributed by atoms with E-state index in [9.17, 15) is 4.39 Å². The van der Waals surface area contributed by atoms with E-state index in [-0.39, 0.29) is 5.82 Å². The van der Waals surface area contributed by atoms with Gasteiger partial charge in [-0.3, -0.25) is 5.43 Å². The van der Waals surface area contributed by atoms with E-state index in [1.54, 1.807) is 43.7 Å². The van der Waals surface area contributed by atoms with Gasteiger partial charge in [-0.25, -0.2) is 9.37 Å². The number of anilines is 1. The lowest BCUT2D eigenvalue weighted by atomic mass is 10.2. The molecule has 0 unspecified atom stereocenters. The summed E-state index contributed by atoms with van der Waals surface area (Å²) in [6, 6.07) is 16.9. The van der Waals surface area contributed by atoms with Crippen LogP contribution in [0.1, 0.15) is 11.1 Å². The second-order valence-corrected chi connectivity index (χ2v) is 8.56. The predicted molar refractivity (Wildman–Crippen MR) is 133 cm³/mol. The fourth-order valence-electron chi connectivity index (χ4n) is 2.93. The first-order valence-electron chi connectivity index (χ1n) is 9.77. The summed E-state index contributed by atoms with van der Waals surface area (Å²) in [5.74, 6) is 0.864. The van der Waals surface area contributed by atoms with Gasteiger partial charge in [-0.2, -0.15) is 5.10 Å². The van der Waals surface area contributed by atoms with Crippen LogP contribution in [0.15, 0.2) is 71.1 Å². The molecular formula is C24H18Cl2FN3O2S. The summed E-state index contributed by atoms with van der Waals surface area (Å²) in [7, 11) is 1.57. The van der Waals surface area contributed by atoms with Gasteiger partial charge in [0, 0.05) is 16.0 Å². The van der Waals surface area contributed by atoms with Gasteiger partial charge in [0.1, 0.15) is 12.4 Å². The molecule has 0 aliphatic rings. The van der Waals surface area contributed by atoms with Crippen LogP contribution in [0.4, 0.5) is 9.52 Å². The molecule has 1 N–H and O–H groups in total. The molecule has 9 heteroatoms. The number of methoxy groups -OCH3 is 1. The normalized spacial score (nSPS) is 11.0. The van der Waals surface area contributed by atoms with Gasteiger partial charge in [0.15, 0.2) is 11.5 Å². The largest absolute Gasteiger partial charge is 0.493 e. The number of ether oxygens (including phenoxy) is 2. The van der Waals surface area contributed by atoms with E-state index in [1.807, 2.05) is 23.6 Å². The van der Waals surface area contributed by atoms with E-state index in [0.29, 0.717) is 33.3 Å². The molecule has 0 radical (unpaired) electrons. The van der Waals surface area contributed by atoms with E-state index >= 15 is 0 Å². The number of halogens is 3. The number of hydrazone groups is 1. The van der Waals surface area contributed by atoms with Gasteiger partial charge in [0.05, 0.1) is 24.0 Å². The van der Waals surface area contributed by atoms with Crippen LogP contribution in [0.5, 0.6) is 11.5 Å². The van der Waals surface area contributed by atoms with Gasteiger partial charge in [-0.15, -0.1) is 11.3 Å². The minimum Gasteiger partial charge on any atom is -0.493 e. The Bertz CT molecular complexity index is 1280. The number of hydrogen-bond donors (Lipinski definition) is 1. The van der Waals surface area contributed by atoms with Crippen molar-refractivity contribution in [3.63, 3.8) is 0 Å². The maximum Gasteiger partial charge on any atom is 0.203 e. The molecule has 168 valence electrons. The Morgan fingerprint density at radius 3 is 2.64 bits per heavy atom. The molecule has 0 aliphatic heterocycles. The lowest BCUT2D eigenvalue weighted by Gasteiger charge is -2.11. The number of nitrogens with zero attached hydrogens (tertiary/aromatic N) is 2. The number of hydrogen-bond acceptors (Lipinski definition) is 6. The quantitative estimate of drug-likeness (QED) is 0.203. The summed E-state index contributed by atoms with van der Waals surface area (Å²) in [6.45, 7) is 0.301. The minimum atomic E-state index is -0.281. The number of nitrogens with one attached hydrogen (secondary N) is 1. The Morgan fingerprint density at radius 1 is 1.06 bits per heavy atom. The van der Waals surface area contributed by atoms with Gasteiger partial charge in [0.2, 0.25) is 5.13 Å². The summed E-state index contributed by atoms with van der Waals surface area (Å²) in [5.41, 5.74) is 6.13. The summed E-state index contributed by atoms with van der Waals surface area (Å²) < 4.78 is 24.3. The first kappa shape index (κ1) is 23.0. The number of thiazole rings is 1. The molecule has 0 saturated heterocycles. The van der Waals surface area contributed by atoms with Crippen LogP contribution < -0.4 is 14.9 Å². The van der Waals surface area contributed by atoms with Crippen molar-refractivity contribution < 1.29 is 13.9 Å². The predicted octanol–water partition coefficient (Wildman–Crippen LogP) is 7.29. The van der Waals surface area contributed by atoms with Crippen LogP contribution in [0.2, 0.25) is 10.0 Å². The highest BCUT2D eigenvalue weighted by molar-refractivity contribution is 7.14. The Kier molecular flexibility index (Phi) is 7.44. The van der Waals surface area contributed by atoms with Crippen LogP contribution in [0.25, 0.3) is 11.3 Å². The van der Waals surface area contributed by atoms with E-state index in [1.165, 1.54) is 23.5 Å². The van der Waals surface area contributed by atoms with Gasteiger partial charge in [-0.1, -0.05) is 35.3 Å². The van der Waals surface area contributed by atoms with E-state index in [2.05, 4.69) is 15.5 Å². The number of rotatable bonds is 8. The van der Waals surface area contributed by atoms with Crippen molar-refractivity contribution >= 4 is 45.9 Å². The van der Waals surface area contributed by atoms with Gasteiger partial charge in [-0.05, 0) is 59.7 Å². The monoisotopic (exact) mass is 501 g/mol. The molecule has 4 rings (SSSR count). The zero-order chi connectivity index (χ0) is 23.2. The zero-order valence-electron chi connectivity index (χ0n) is 17.4. The molecule has 5 nitrogen and oxygen atoms in total. The average molecular weight is 502 g/mol. The Labute approximate surface area is 204 Å². The molecule has 0 bridgehead atoms. The molecule has 0 saturated carbocycles. The van der Waals surface area contributed by atoms with Crippen LogP contribution in [-0.2, 0) is 6.61 Å². The Balaban J connectivity index is 1.39. The van der Waals surface area contributed by atoms with E-state index in [0.717, 1.165) is 22.4 Å². The molecule has 1 heterocycles. The third-order valence-electron chi connectivity index (χ3n) is 4.58. The molecule has 0 spiro atoms. The summed E-state index contributed by atoms with van der Waals surface area (Å²) in [4.78, 5) is 4.51. The minimum absolute atomic E-state index is 0.281. The lowest BCUT2D eigenvalue weighted by molar-refractivity contribution is 0.284. The topological polar surface area (TPSA) is 55.7 Å². The second-order valence-electron chi connectivity index (χ2n) is 6.86. The molecule has 3 aromatic carbocycles. The van der Waals surface area contributed by atoms with Gasteiger partial charge >= 0.3 is 0 Å². The van der Waals surface area contributed by atoms with Crippen molar-refractivity contribution in [2.75, 3.05) is 12.5 Å². The fraction of sp³-hybridized carbons (Fsp3) is 0.0833. The summed E-state index contributed by atoms with van der Waals surface area (Å²) in [6.07, 6.45) is 1.66. The number of benzene rings is 3. The van der Waals surface area contributed by atoms with E-state index < -0.39 is 0 Å². The SMILES string of the molecule is COc1cc(/C=N/Nc2nc(-c3ccc(Cl)cc3Cl)cs2)ccc1OCc1ccc(F)cc1. The fourth-order valence-corrected chi connectivity index (χ4v) is 4.10. The molecule has 4 aromatic rings. The average Bonchev–Trinajstić information content (AvgIpc) is 3.27. The standard InChI is InChI=1S/C24H18Cl2FN3O2S/c1-31-23-10-16(4-9-22(23)32-13-15-2-6-18(27)7-3-15)12-28-30-24-29-21(14-33-24)19-8-5-17(25)11-20(19)26/h2-12,14H,13H2,1H3,(H,29,30)/b28-12+. The molecular weight excluding hydrogens is 484 g/mol.